The maximum absolute atomic E-state index is 12.0. The van der Waals surface area contributed by atoms with E-state index in [9.17, 15) is 4.79 Å². The number of benzene rings is 1. The molecule has 1 atom stereocenters. The molecular formula is C16H26N2O. The van der Waals surface area contributed by atoms with Crippen LogP contribution in [0, 0.1) is 11.3 Å². The summed E-state index contributed by atoms with van der Waals surface area (Å²) in [6.45, 7) is 9.29. The molecule has 0 aliphatic heterocycles. The number of amides is 1. The molecule has 0 aliphatic carbocycles. The number of hydrogen-bond acceptors (Lipinski definition) is 2. The maximum atomic E-state index is 12.0. The van der Waals surface area contributed by atoms with Crippen molar-refractivity contribution in [1.29, 1.82) is 0 Å². The normalized spacial score (nSPS) is 13.4. The molecule has 106 valence electrons. The van der Waals surface area contributed by atoms with Gasteiger partial charge in [0, 0.05) is 6.54 Å². The van der Waals surface area contributed by atoms with Gasteiger partial charge in [0.25, 0.3) is 0 Å². The molecule has 19 heavy (non-hydrogen) atoms. The molecule has 0 bridgehead atoms. The van der Waals surface area contributed by atoms with E-state index >= 15 is 0 Å². The highest BCUT2D eigenvalue weighted by Crippen LogP contribution is 2.24. The van der Waals surface area contributed by atoms with Crippen molar-refractivity contribution in [3.63, 3.8) is 0 Å². The van der Waals surface area contributed by atoms with Gasteiger partial charge in [-0.25, -0.2) is 0 Å². The van der Waals surface area contributed by atoms with Crippen molar-refractivity contribution in [2.45, 2.75) is 40.2 Å². The predicted molar refractivity (Wildman–Crippen MR) is 79.8 cm³/mol. The first-order valence-corrected chi connectivity index (χ1v) is 6.90. The van der Waals surface area contributed by atoms with E-state index in [1.54, 1.807) is 0 Å². The second kappa shape index (κ2) is 6.71. The van der Waals surface area contributed by atoms with Crippen LogP contribution in [0.15, 0.2) is 30.3 Å². The first-order valence-electron chi connectivity index (χ1n) is 6.90. The summed E-state index contributed by atoms with van der Waals surface area (Å²) in [7, 11) is 0. The van der Waals surface area contributed by atoms with Crippen LogP contribution < -0.4 is 11.1 Å². The molecule has 1 aromatic carbocycles. The number of carbonyl (C=O) groups excluding carboxylic acids is 1. The van der Waals surface area contributed by atoms with Crippen molar-refractivity contribution in [2.24, 2.45) is 17.1 Å². The van der Waals surface area contributed by atoms with Gasteiger partial charge in [0.2, 0.25) is 5.91 Å². The average Bonchev–Trinajstić information content (AvgIpc) is 2.37. The molecule has 3 heteroatoms. The van der Waals surface area contributed by atoms with Crippen LogP contribution in [0.3, 0.4) is 0 Å². The second-order valence-electron chi connectivity index (χ2n) is 6.16. The van der Waals surface area contributed by atoms with Crippen LogP contribution in [0.4, 0.5) is 0 Å². The molecule has 3 nitrogen and oxygen atoms in total. The maximum Gasteiger partial charge on any atom is 0.237 e. The van der Waals surface area contributed by atoms with Crippen molar-refractivity contribution in [3.8, 4) is 0 Å². The van der Waals surface area contributed by atoms with Crippen LogP contribution in [-0.2, 0) is 11.2 Å². The van der Waals surface area contributed by atoms with Gasteiger partial charge in [-0.15, -0.1) is 0 Å². The zero-order valence-electron chi connectivity index (χ0n) is 12.4. The van der Waals surface area contributed by atoms with Crippen molar-refractivity contribution in [1.82, 2.24) is 5.32 Å². The molecule has 0 aromatic heterocycles. The fraction of sp³-hybridized carbons (Fsp3) is 0.562. The van der Waals surface area contributed by atoms with Crippen LogP contribution in [0.1, 0.15) is 33.3 Å². The highest BCUT2D eigenvalue weighted by Gasteiger charge is 2.24. The van der Waals surface area contributed by atoms with Crippen LogP contribution >= 0.6 is 0 Å². The lowest BCUT2D eigenvalue weighted by Gasteiger charge is -2.29. The average molecular weight is 262 g/mol. The summed E-state index contributed by atoms with van der Waals surface area (Å²) in [6, 6.07) is 9.38. The van der Waals surface area contributed by atoms with Gasteiger partial charge in [0.1, 0.15) is 0 Å². The Morgan fingerprint density at radius 1 is 1.26 bits per heavy atom. The summed E-state index contributed by atoms with van der Waals surface area (Å²) in [5, 5.41) is 2.96. The number of hydrogen-bond donors (Lipinski definition) is 2. The Kier molecular flexibility index (Phi) is 5.55. The molecule has 0 saturated heterocycles. The molecule has 0 radical (unpaired) electrons. The van der Waals surface area contributed by atoms with Crippen LogP contribution in [-0.4, -0.2) is 18.5 Å². The fourth-order valence-electron chi connectivity index (χ4n) is 1.61. The Balaban J connectivity index is 2.46. The number of nitrogens with two attached hydrogens (primary N) is 1. The first kappa shape index (κ1) is 15.7. The van der Waals surface area contributed by atoms with Crippen molar-refractivity contribution in [2.75, 3.05) is 6.54 Å². The summed E-state index contributed by atoms with van der Waals surface area (Å²) >= 11 is 0. The quantitative estimate of drug-likeness (QED) is 0.827. The van der Waals surface area contributed by atoms with E-state index in [1.165, 1.54) is 0 Å². The number of nitrogens with one attached hydrogen (secondary N) is 1. The highest BCUT2D eigenvalue weighted by molar-refractivity contribution is 5.81. The van der Waals surface area contributed by atoms with Gasteiger partial charge < -0.3 is 11.1 Å². The Hall–Kier alpha value is -1.35. The Labute approximate surface area is 116 Å². The summed E-state index contributed by atoms with van der Waals surface area (Å²) in [6.07, 6.45) is 0.578. The molecule has 1 amide bonds. The summed E-state index contributed by atoms with van der Waals surface area (Å²) < 4.78 is 0. The lowest BCUT2D eigenvalue weighted by molar-refractivity contribution is -0.122. The number of rotatable bonds is 6. The zero-order chi connectivity index (χ0) is 14.5. The number of carbonyl (C=O) groups is 1. The third-order valence-corrected chi connectivity index (χ3v) is 3.92. The van der Waals surface area contributed by atoms with Gasteiger partial charge in [0.05, 0.1) is 6.04 Å². The third kappa shape index (κ3) is 5.03. The van der Waals surface area contributed by atoms with Crippen molar-refractivity contribution < 1.29 is 4.79 Å². The second-order valence-corrected chi connectivity index (χ2v) is 6.16. The summed E-state index contributed by atoms with van der Waals surface area (Å²) in [5.41, 5.74) is 7.12. The van der Waals surface area contributed by atoms with Gasteiger partial charge >= 0.3 is 0 Å². The van der Waals surface area contributed by atoms with Crippen molar-refractivity contribution in [3.05, 3.63) is 35.9 Å². The Morgan fingerprint density at radius 2 is 1.84 bits per heavy atom. The van der Waals surface area contributed by atoms with E-state index in [4.69, 9.17) is 5.73 Å². The largest absolute Gasteiger partial charge is 0.354 e. The van der Waals surface area contributed by atoms with E-state index in [2.05, 4.69) is 33.0 Å². The molecule has 0 heterocycles. The molecule has 0 unspecified atom stereocenters. The minimum absolute atomic E-state index is 0.0717. The molecule has 1 aromatic rings. The SMILES string of the molecule is CC(C)C(C)(C)CNC(=O)[C@@H](N)Cc1ccccc1. The van der Waals surface area contributed by atoms with E-state index in [1.807, 2.05) is 30.3 Å². The third-order valence-electron chi connectivity index (χ3n) is 3.92. The standard InChI is InChI=1S/C16H26N2O/c1-12(2)16(3,4)11-18-15(19)14(17)10-13-8-6-5-7-9-13/h5-9,12,14H,10-11,17H2,1-4H3,(H,18,19)/t14-/m0/s1. The van der Waals surface area contributed by atoms with E-state index in [-0.39, 0.29) is 11.3 Å². The molecule has 1 rings (SSSR count). The molecular weight excluding hydrogens is 236 g/mol. The monoisotopic (exact) mass is 262 g/mol. The van der Waals surface area contributed by atoms with E-state index < -0.39 is 6.04 Å². The van der Waals surface area contributed by atoms with E-state index in [0.29, 0.717) is 18.9 Å². The van der Waals surface area contributed by atoms with Crippen molar-refractivity contribution >= 4 is 5.91 Å². The van der Waals surface area contributed by atoms with Gasteiger partial charge in [-0.3, -0.25) is 4.79 Å². The molecule has 0 aliphatic rings. The van der Waals surface area contributed by atoms with Gasteiger partial charge in [-0.1, -0.05) is 58.0 Å². The predicted octanol–water partition coefficient (Wildman–Crippen LogP) is 2.35. The topological polar surface area (TPSA) is 55.1 Å². The molecule has 0 spiro atoms. The Bertz CT molecular complexity index is 398. The molecule has 0 fully saturated rings. The van der Waals surface area contributed by atoms with Crippen LogP contribution in [0.2, 0.25) is 0 Å². The lowest BCUT2D eigenvalue weighted by Crippen LogP contribution is -2.46. The van der Waals surface area contributed by atoms with E-state index in [0.717, 1.165) is 5.56 Å². The van der Waals surface area contributed by atoms with Crippen LogP contribution in [0.5, 0.6) is 0 Å². The lowest BCUT2D eigenvalue weighted by atomic mass is 9.81. The molecule has 0 saturated carbocycles. The highest BCUT2D eigenvalue weighted by atomic mass is 16.2. The fourth-order valence-corrected chi connectivity index (χ4v) is 1.61. The Morgan fingerprint density at radius 3 is 2.37 bits per heavy atom. The van der Waals surface area contributed by atoms with Crippen LogP contribution in [0.25, 0.3) is 0 Å². The van der Waals surface area contributed by atoms with Gasteiger partial charge in [-0.05, 0) is 23.3 Å². The minimum atomic E-state index is -0.481. The first-order chi connectivity index (χ1) is 8.83. The minimum Gasteiger partial charge on any atom is -0.354 e. The molecule has 3 N–H and O–H groups in total. The summed E-state index contributed by atoms with van der Waals surface area (Å²) in [4.78, 5) is 12.0. The zero-order valence-corrected chi connectivity index (χ0v) is 12.4. The smallest absolute Gasteiger partial charge is 0.237 e. The van der Waals surface area contributed by atoms with Gasteiger partial charge in [-0.2, -0.15) is 0 Å². The summed E-state index contributed by atoms with van der Waals surface area (Å²) in [5.74, 6) is 0.440. The van der Waals surface area contributed by atoms with Gasteiger partial charge in [0.15, 0.2) is 0 Å².